The van der Waals surface area contributed by atoms with Gasteiger partial charge in [0.2, 0.25) is 5.91 Å². The molecule has 34 heavy (non-hydrogen) atoms. The zero-order valence-corrected chi connectivity index (χ0v) is 20.4. The molecule has 3 aliphatic rings. The second-order valence-electron chi connectivity index (χ2n) is 8.82. The quantitative estimate of drug-likeness (QED) is 0.469. The number of pyridine rings is 1. The Hall–Kier alpha value is -2.91. The van der Waals surface area contributed by atoms with Crippen molar-refractivity contribution in [1.82, 2.24) is 14.4 Å². The number of carbonyl (C=O) groups excluding carboxylic acids is 2. The Balaban J connectivity index is 1.24. The first kappa shape index (κ1) is 22.9. The lowest BCUT2D eigenvalue weighted by Gasteiger charge is -2.42. The molecule has 1 aromatic heterocycles. The minimum absolute atomic E-state index is 0.0178. The molecular weight excluding hydrogens is 470 g/mol. The number of nitrogens with zero attached hydrogens (tertiary/aromatic N) is 3. The molecule has 2 saturated heterocycles. The summed E-state index contributed by atoms with van der Waals surface area (Å²) in [6.07, 6.45) is 3.00. The molecule has 0 unspecified atom stereocenters. The Bertz CT molecular complexity index is 1250. The van der Waals surface area contributed by atoms with E-state index in [0.29, 0.717) is 34.6 Å². The number of fused-ring (bicyclic) bond motifs is 4. The summed E-state index contributed by atoms with van der Waals surface area (Å²) >= 11 is 6.69. The number of methoxy groups -OCH3 is 1. The van der Waals surface area contributed by atoms with Gasteiger partial charge in [-0.3, -0.25) is 19.3 Å². The van der Waals surface area contributed by atoms with Gasteiger partial charge in [0.25, 0.3) is 11.5 Å². The van der Waals surface area contributed by atoms with E-state index >= 15 is 0 Å². The molecular formula is C25H25N3O4S2. The lowest BCUT2D eigenvalue weighted by molar-refractivity contribution is -0.134. The van der Waals surface area contributed by atoms with E-state index in [2.05, 4.69) is 0 Å². The average molecular weight is 496 g/mol. The molecule has 1 aromatic carbocycles. The van der Waals surface area contributed by atoms with Crippen molar-refractivity contribution in [3.05, 3.63) is 69.0 Å². The van der Waals surface area contributed by atoms with E-state index in [-0.39, 0.29) is 42.2 Å². The van der Waals surface area contributed by atoms with Crippen molar-refractivity contribution in [2.75, 3.05) is 26.7 Å². The van der Waals surface area contributed by atoms with Crippen molar-refractivity contribution < 1.29 is 14.3 Å². The number of ether oxygens (including phenoxy) is 1. The second-order valence-corrected chi connectivity index (χ2v) is 10.5. The highest BCUT2D eigenvalue weighted by molar-refractivity contribution is 8.26. The summed E-state index contributed by atoms with van der Waals surface area (Å²) in [4.78, 5) is 42.2. The van der Waals surface area contributed by atoms with Crippen LogP contribution in [0.5, 0.6) is 5.75 Å². The molecule has 7 nitrogen and oxygen atoms in total. The van der Waals surface area contributed by atoms with Crippen LogP contribution in [0, 0.1) is 5.92 Å². The average Bonchev–Trinajstić information content (AvgIpc) is 3.10. The van der Waals surface area contributed by atoms with Crippen LogP contribution in [-0.4, -0.2) is 57.2 Å². The molecule has 176 valence electrons. The van der Waals surface area contributed by atoms with Gasteiger partial charge in [0.15, 0.2) is 0 Å². The highest BCUT2D eigenvalue weighted by Crippen LogP contribution is 2.36. The first-order valence-corrected chi connectivity index (χ1v) is 12.5. The zero-order chi connectivity index (χ0) is 23.8. The molecule has 9 heteroatoms. The number of carbonyl (C=O) groups is 2. The summed E-state index contributed by atoms with van der Waals surface area (Å²) in [7, 11) is 1.59. The summed E-state index contributed by atoms with van der Waals surface area (Å²) < 4.78 is 7.69. The molecule has 2 aromatic rings. The Labute approximate surface area is 207 Å². The Kier molecular flexibility index (Phi) is 6.31. The molecule has 0 radical (unpaired) electrons. The van der Waals surface area contributed by atoms with E-state index in [0.717, 1.165) is 17.7 Å². The topological polar surface area (TPSA) is 71.8 Å². The SMILES string of the molecule is COc1ccccc1C=C1SC(=S)N(CCC(=O)N2C[C@H]3C[C@@H](C2)c2cccc(=O)n2C3)C1=O. The van der Waals surface area contributed by atoms with Crippen LogP contribution >= 0.6 is 24.0 Å². The van der Waals surface area contributed by atoms with Crippen LogP contribution in [-0.2, 0) is 16.1 Å². The van der Waals surface area contributed by atoms with E-state index in [1.54, 1.807) is 25.3 Å². The maximum absolute atomic E-state index is 13.1. The number of rotatable bonds is 5. The van der Waals surface area contributed by atoms with Crippen LogP contribution in [0.3, 0.4) is 0 Å². The van der Waals surface area contributed by atoms with Gasteiger partial charge in [0.1, 0.15) is 10.1 Å². The van der Waals surface area contributed by atoms with Crippen LogP contribution in [0.4, 0.5) is 0 Å². The zero-order valence-electron chi connectivity index (χ0n) is 18.8. The molecule has 0 aliphatic carbocycles. The van der Waals surface area contributed by atoms with Crippen LogP contribution in [0.15, 0.2) is 52.2 Å². The van der Waals surface area contributed by atoms with E-state index in [4.69, 9.17) is 17.0 Å². The fourth-order valence-corrected chi connectivity index (χ4v) is 6.38. The third kappa shape index (κ3) is 4.30. The van der Waals surface area contributed by atoms with Crippen molar-refractivity contribution in [3.63, 3.8) is 0 Å². The summed E-state index contributed by atoms with van der Waals surface area (Å²) in [5.41, 5.74) is 1.85. The molecule has 2 amide bonds. The predicted octanol–water partition coefficient (Wildman–Crippen LogP) is 3.09. The second kappa shape index (κ2) is 9.38. The predicted molar refractivity (Wildman–Crippen MR) is 136 cm³/mol. The van der Waals surface area contributed by atoms with Crippen LogP contribution in [0.1, 0.15) is 30.0 Å². The molecule has 0 saturated carbocycles. The van der Waals surface area contributed by atoms with Crippen LogP contribution in [0.25, 0.3) is 6.08 Å². The first-order chi connectivity index (χ1) is 16.4. The summed E-state index contributed by atoms with van der Waals surface area (Å²) in [5.74, 6) is 0.964. The van der Waals surface area contributed by atoms with Crippen molar-refractivity contribution >= 4 is 46.2 Å². The number of thiocarbonyl (C=S) groups is 1. The molecule has 2 atom stereocenters. The maximum atomic E-state index is 13.1. The summed E-state index contributed by atoms with van der Waals surface area (Å²) in [6, 6.07) is 12.9. The third-order valence-electron chi connectivity index (χ3n) is 6.68. The minimum Gasteiger partial charge on any atom is -0.496 e. The van der Waals surface area contributed by atoms with Gasteiger partial charge in [-0.2, -0.15) is 0 Å². The fraction of sp³-hybridized carbons (Fsp3) is 0.360. The van der Waals surface area contributed by atoms with Crippen molar-refractivity contribution in [1.29, 1.82) is 0 Å². The third-order valence-corrected chi connectivity index (χ3v) is 8.06. The normalized spacial score (nSPS) is 22.8. The van der Waals surface area contributed by atoms with Crippen molar-refractivity contribution in [2.45, 2.75) is 25.3 Å². The lowest BCUT2D eigenvalue weighted by Crippen LogP contribution is -2.49. The van der Waals surface area contributed by atoms with E-state index in [1.165, 1.54) is 16.7 Å². The Morgan fingerprint density at radius 1 is 1.15 bits per heavy atom. The Morgan fingerprint density at radius 3 is 2.79 bits per heavy atom. The van der Waals surface area contributed by atoms with Gasteiger partial charge in [-0.1, -0.05) is 48.2 Å². The number of thioether (sulfide) groups is 1. The number of hydrogen-bond donors (Lipinski definition) is 0. The fourth-order valence-electron chi connectivity index (χ4n) is 5.09. The monoisotopic (exact) mass is 495 g/mol. The number of para-hydroxylation sites is 1. The molecule has 2 fully saturated rings. The van der Waals surface area contributed by atoms with Gasteiger partial charge < -0.3 is 14.2 Å². The minimum atomic E-state index is -0.183. The van der Waals surface area contributed by atoms with E-state index < -0.39 is 0 Å². The van der Waals surface area contributed by atoms with Gasteiger partial charge >= 0.3 is 0 Å². The van der Waals surface area contributed by atoms with Crippen LogP contribution in [0.2, 0.25) is 0 Å². The van der Waals surface area contributed by atoms with E-state index in [9.17, 15) is 14.4 Å². The number of hydrogen-bond acceptors (Lipinski definition) is 6. The number of benzene rings is 1. The van der Waals surface area contributed by atoms with Crippen LogP contribution < -0.4 is 10.3 Å². The number of amides is 2. The van der Waals surface area contributed by atoms with Gasteiger partial charge in [-0.25, -0.2) is 0 Å². The van der Waals surface area contributed by atoms with Crippen molar-refractivity contribution in [3.8, 4) is 5.75 Å². The molecule has 3 aliphatic heterocycles. The van der Waals surface area contributed by atoms with Gasteiger partial charge in [-0.15, -0.1) is 0 Å². The number of piperidine rings is 1. The molecule has 4 heterocycles. The smallest absolute Gasteiger partial charge is 0.266 e. The molecule has 5 rings (SSSR count). The van der Waals surface area contributed by atoms with Gasteiger partial charge in [-0.05, 0) is 30.5 Å². The number of likely N-dealkylation sites (tertiary alicyclic amines) is 1. The standard InChI is InChI=1S/C25H25N3O4S2/c1-32-20-7-3-2-5-17(20)12-21-24(31)27(25(33)34-21)10-9-22(29)26-13-16-11-18(15-26)19-6-4-8-23(30)28(19)14-16/h2-8,12,16,18H,9-11,13-15H2,1H3/t16-,18+/m1/s1. The van der Waals surface area contributed by atoms with E-state index in [1.807, 2.05) is 39.8 Å². The highest BCUT2D eigenvalue weighted by atomic mass is 32.2. The van der Waals surface area contributed by atoms with Gasteiger partial charge in [0, 0.05) is 55.8 Å². The van der Waals surface area contributed by atoms with Gasteiger partial charge in [0.05, 0.1) is 12.0 Å². The first-order valence-electron chi connectivity index (χ1n) is 11.3. The van der Waals surface area contributed by atoms with Crippen molar-refractivity contribution in [2.24, 2.45) is 5.92 Å². The molecule has 0 N–H and O–H groups in total. The Morgan fingerprint density at radius 2 is 1.97 bits per heavy atom. The maximum Gasteiger partial charge on any atom is 0.266 e. The largest absolute Gasteiger partial charge is 0.496 e. The lowest BCUT2D eigenvalue weighted by atomic mass is 9.83. The summed E-state index contributed by atoms with van der Waals surface area (Å²) in [5, 5.41) is 0. The molecule has 2 bridgehead atoms. The molecule has 0 spiro atoms. The summed E-state index contributed by atoms with van der Waals surface area (Å²) in [6.45, 7) is 2.15. The number of aromatic nitrogens is 1. The highest BCUT2D eigenvalue weighted by Gasteiger charge is 2.37.